The van der Waals surface area contributed by atoms with Crippen LogP contribution in [-0.4, -0.2) is 42.0 Å². The molecule has 30 heavy (non-hydrogen) atoms. The van der Waals surface area contributed by atoms with E-state index in [-0.39, 0.29) is 6.04 Å². The summed E-state index contributed by atoms with van der Waals surface area (Å²) in [5.74, 6) is 2.35. The summed E-state index contributed by atoms with van der Waals surface area (Å²) in [6.45, 7) is 15.0. The van der Waals surface area contributed by atoms with Crippen molar-refractivity contribution in [2.45, 2.75) is 54.0 Å². The van der Waals surface area contributed by atoms with Gasteiger partial charge in [0.1, 0.15) is 0 Å². The highest BCUT2D eigenvalue weighted by Gasteiger charge is 2.13. The Morgan fingerprint density at radius 3 is 2.43 bits per heavy atom. The Morgan fingerprint density at radius 2 is 1.83 bits per heavy atom. The van der Waals surface area contributed by atoms with Gasteiger partial charge in [-0.05, 0) is 71.2 Å². The number of nitrogens with one attached hydrogen (secondary N) is 2. The highest BCUT2D eigenvalue weighted by atomic mass is 16.5. The second kappa shape index (κ2) is 11.5. The molecule has 0 aliphatic carbocycles. The Labute approximate surface area is 180 Å². The van der Waals surface area contributed by atoms with Crippen LogP contribution in [0.5, 0.6) is 11.5 Å². The molecule has 0 aliphatic heterocycles. The molecule has 0 saturated heterocycles. The van der Waals surface area contributed by atoms with E-state index in [1.807, 2.05) is 37.7 Å². The van der Waals surface area contributed by atoms with Gasteiger partial charge in [-0.15, -0.1) is 0 Å². The fourth-order valence-electron chi connectivity index (χ4n) is 3.40. The van der Waals surface area contributed by atoms with Crippen molar-refractivity contribution in [3.05, 3.63) is 40.7 Å². The van der Waals surface area contributed by atoms with Gasteiger partial charge in [0, 0.05) is 25.8 Å². The number of hydrogen-bond acceptors (Lipinski definition) is 4. The van der Waals surface area contributed by atoms with Gasteiger partial charge in [0.2, 0.25) is 0 Å². The fraction of sp³-hybridized carbons (Fsp3) is 0.565. The standard InChI is InChI=1S/C23H37N5O2/c1-8-24-23(25-14-13-20-17(5)27-28(7)18(20)6)26-16(4)19-11-12-21(29-9-2)22(15-19)30-10-3/h11-12,15-16H,8-10,13-14H2,1-7H3,(H2,24,25,26). The van der Waals surface area contributed by atoms with Crippen LogP contribution in [0, 0.1) is 13.8 Å². The lowest BCUT2D eigenvalue weighted by molar-refractivity contribution is 0.287. The molecule has 0 spiro atoms. The summed E-state index contributed by atoms with van der Waals surface area (Å²) >= 11 is 0. The first kappa shape index (κ1) is 23.6. The van der Waals surface area contributed by atoms with E-state index in [2.05, 4.69) is 49.5 Å². The molecule has 2 aromatic rings. The van der Waals surface area contributed by atoms with Crippen molar-refractivity contribution in [3.8, 4) is 11.5 Å². The minimum Gasteiger partial charge on any atom is -0.490 e. The molecule has 166 valence electrons. The quantitative estimate of drug-likeness (QED) is 0.457. The van der Waals surface area contributed by atoms with E-state index in [1.54, 1.807) is 0 Å². The zero-order valence-corrected chi connectivity index (χ0v) is 19.5. The summed E-state index contributed by atoms with van der Waals surface area (Å²) in [5, 5.41) is 11.3. The highest BCUT2D eigenvalue weighted by molar-refractivity contribution is 5.80. The Bertz CT molecular complexity index is 844. The maximum Gasteiger partial charge on any atom is 0.191 e. The Hall–Kier alpha value is -2.70. The van der Waals surface area contributed by atoms with Gasteiger partial charge in [-0.2, -0.15) is 5.10 Å². The molecule has 1 atom stereocenters. The zero-order valence-electron chi connectivity index (χ0n) is 19.5. The minimum atomic E-state index is 0.0690. The van der Waals surface area contributed by atoms with Crippen molar-refractivity contribution < 1.29 is 9.47 Å². The van der Waals surface area contributed by atoms with Crippen molar-refractivity contribution in [2.75, 3.05) is 26.3 Å². The van der Waals surface area contributed by atoms with E-state index >= 15 is 0 Å². The predicted molar refractivity (Wildman–Crippen MR) is 123 cm³/mol. The molecule has 7 heteroatoms. The van der Waals surface area contributed by atoms with E-state index in [0.29, 0.717) is 19.8 Å². The van der Waals surface area contributed by atoms with Crippen molar-refractivity contribution in [3.63, 3.8) is 0 Å². The minimum absolute atomic E-state index is 0.0690. The topological polar surface area (TPSA) is 72.7 Å². The molecule has 7 nitrogen and oxygen atoms in total. The number of benzene rings is 1. The van der Waals surface area contributed by atoms with Crippen LogP contribution < -0.4 is 20.1 Å². The van der Waals surface area contributed by atoms with Gasteiger partial charge in [-0.25, -0.2) is 0 Å². The summed E-state index contributed by atoms with van der Waals surface area (Å²) in [4.78, 5) is 4.77. The monoisotopic (exact) mass is 415 g/mol. The van der Waals surface area contributed by atoms with E-state index < -0.39 is 0 Å². The molecule has 1 heterocycles. The highest BCUT2D eigenvalue weighted by Crippen LogP contribution is 2.30. The van der Waals surface area contributed by atoms with Crippen molar-refractivity contribution in [2.24, 2.45) is 12.0 Å². The summed E-state index contributed by atoms with van der Waals surface area (Å²) in [7, 11) is 1.98. The third-order valence-electron chi connectivity index (χ3n) is 5.06. The zero-order chi connectivity index (χ0) is 22.1. The fourth-order valence-corrected chi connectivity index (χ4v) is 3.40. The van der Waals surface area contributed by atoms with Gasteiger partial charge in [-0.1, -0.05) is 6.07 Å². The number of aromatic nitrogens is 2. The number of guanidine groups is 1. The molecular formula is C23H37N5O2. The van der Waals surface area contributed by atoms with Crippen molar-refractivity contribution in [1.29, 1.82) is 0 Å². The third kappa shape index (κ3) is 6.15. The molecule has 0 radical (unpaired) electrons. The lowest BCUT2D eigenvalue weighted by Crippen LogP contribution is -2.38. The van der Waals surface area contributed by atoms with Crippen molar-refractivity contribution in [1.82, 2.24) is 20.4 Å². The summed E-state index contributed by atoms with van der Waals surface area (Å²) in [6, 6.07) is 6.15. The summed E-state index contributed by atoms with van der Waals surface area (Å²) in [6.07, 6.45) is 0.869. The maximum absolute atomic E-state index is 5.76. The van der Waals surface area contributed by atoms with E-state index in [9.17, 15) is 0 Å². The van der Waals surface area contributed by atoms with Crippen LogP contribution in [0.2, 0.25) is 0 Å². The largest absolute Gasteiger partial charge is 0.490 e. The Balaban J connectivity index is 2.09. The van der Waals surface area contributed by atoms with Crippen molar-refractivity contribution >= 4 is 5.96 Å². The molecule has 2 N–H and O–H groups in total. The molecule has 0 fully saturated rings. The van der Waals surface area contributed by atoms with E-state index in [1.165, 1.54) is 11.3 Å². The molecule has 2 rings (SSSR count). The smallest absolute Gasteiger partial charge is 0.191 e. The van der Waals surface area contributed by atoms with Crippen LogP contribution in [0.15, 0.2) is 23.2 Å². The molecule has 0 bridgehead atoms. The van der Waals surface area contributed by atoms with Crippen LogP contribution in [0.3, 0.4) is 0 Å². The van der Waals surface area contributed by atoms with E-state index in [0.717, 1.165) is 41.7 Å². The molecule has 1 aromatic heterocycles. The number of aryl methyl sites for hydroxylation is 2. The Morgan fingerprint density at radius 1 is 1.13 bits per heavy atom. The van der Waals surface area contributed by atoms with Gasteiger partial charge >= 0.3 is 0 Å². The molecule has 1 unspecified atom stereocenters. The average Bonchev–Trinajstić information content (AvgIpc) is 2.95. The second-order valence-corrected chi connectivity index (χ2v) is 7.22. The summed E-state index contributed by atoms with van der Waals surface area (Å²) in [5.41, 5.74) is 4.67. The van der Waals surface area contributed by atoms with Crippen LogP contribution in [0.25, 0.3) is 0 Å². The predicted octanol–water partition coefficient (Wildman–Crippen LogP) is 3.69. The number of ether oxygens (including phenoxy) is 2. The molecule has 0 saturated carbocycles. The number of rotatable bonds is 10. The lowest BCUT2D eigenvalue weighted by atomic mass is 10.1. The normalized spacial score (nSPS) is 12.6. The molecular weight excluding hydrogens is 378 g/mol. The number of aliphatic imine (C=N–C) groups is 1. The summed E-state index contributed by atoms with van der Waals surface area (Å²) < 4.78 is 13.4. The lowest BCUT2D eigenvalue weighted by Gasteiger charge is -2.20. The number of nitrogens with zero attached hydrogens (tertiary/aromatic N) is 3. The van der Waals surface area contributed by atoms with E-state index in [4.69, 9.17) is 14.5 Å². The average molecular weight is 416 g/mol. The van der Waals surface area contributed by atoms with Gasteiger partial charge in [0.05, 0.1) is 24.9 Å². The first-order valence-corrected chi connectivity index (χ1v) is 10.8. The van der Waals surface area contributed by atoms with Gasteiger partial charge in [0.25, 0.3) is 0 Å². The number of hydrogen-bond donors (Lipinski definition) is 2. The van der Waals surface area contributed by atoms with Gasteiger partial charge in [0.15, 0.2) is 17.5 Å². The molecule has 1 aromatic carbocycles. The SMILES string of the molecule is CCNC(=NCCc1c(C)nn(C)c1C)NC(C)c1ccc(OCC)c(OCC)c1. The first-order valence-electron chi connectivity index (χ1n) is 10.8. The first-order chi connectivity index (χ1) is 14.4. The van der Waals surface area contributed by atoms with Gasteiger partial charge in [-0.3, -0.25) is 9.67 Å². The van der Waals surface area contributed by atoms with Crippen LogP contribution in [0.4, 0.5) is 0 Å². The molecule has 0 aliphatic rings. The van der Waals surface area contributed by atoms with Crippen LogP contribution in [0.1, 0.15) is 56.3 Å². The second-order valence-electron chi connectivity index (χ2n) is 7.22. The maximum atomic E-state index is 5.76. The Kier molecular flexibility index (Phi) is 9.02. The van der Waals surface area contributed by atoms with Crippen LogP contribution >= 0.6 is 0 Å². The van der Waals surface area contributed by atoms with Gasteiger partial charge < -0.3 is 20.1 Å². The molecule has 0 amide bonds. The van der Waals surface area contributed by atoms with Crippen LogP contribution in [-0.2, 0) is 13.5 Å². The third-order valence-corrected chi connectivity index (χ3v) is 5.06.